The van der Waals surface area contributed by atoms with Crippen molar-refractivity contribution in [1.82, 2.24) is 19.7 Å². The van der Waals surface area contributed by atoms with Gasteiger partial charge >= 0.3 is 0 Å². The van der Waals surface area contributed by atoms with E-state index >= 15 is 0 Å². The third-order valence-electron chi connectivity index (χ3n) is 5.55. The van der Waals surface area contributed by atoms with Crippen molar-refractivity contribution in [2.45, 2.75) is 33.9 Å². The molecule has 0 unspecified atom stereocenters. The molecule has 0 spiro atoms. The lowest BCUT2D eigenvalue weighted by Crippen LogP contribution is -2.30. The molecule has 1 aromatic carbocycles. The van der Waals surface area contributed by atoms with Crippen LogP contribution in [0, 0.1) is 13.8 Å². The van der Waals surface area contributed by atoms with E-state index in [-0.39, 0.29) is 5.91 Å². The van der Waals surface area contributed by atoms with Gasteiger partial charge in [-0.15, -0.1) is 11.3 Å². The van der Waals surface area contributed by atoms with Crippen LogP contribution >= 0.6 is 11.3 Å². The maximum Gasteiger partial charge on any atom is 0.255 e. The van der Waals surface area contributed by atoms with Crippen molar-refractivity contribution < 1.29 is 14.3 Å². The Morgan fingerprint density at radius 1 is 1.18 bits per heavy atom. The molecule has 0 aliphatic carbocycles. The van der Waals surface area contributed by atoms with Gasteiger partial charge in [-0.05, 0) is 56.0 Å². The number of fused-ring (bicyclic) bond motifs is 1. The van der Waals surface area contributed by atoms with Crippen molar-refractivity contribution in [2.75, 3.05) is 13.7 Å². The molecule has 172 valence electrons. The van der Waals surface area contributed by atoms with Crippen LogP contribution in [0.2, 0.25) is 0 Å². The summed E-state index contributed by atoms with van der Waals surface area (Å²) in [6, 6.07) is 11.7. The number of aryl methyl sites for hydroxylation is 3. The fourth-order valence-electron chi connectivity index (χ4n) is 3.93. The molecule has 3 aromatic heterocycles. The zero-order valence-electron chi connectivity index (χ0n) is 19.6. The summed E-state index contributed by atoms with van der Waals surface area (Å²) < 4.78 is 13.2. The Morgan fingerprint density at radius 3 is 2.70 bits per heavy atom. The minimum absolute atomic E-state index is 0.0407. The zero-order valence-corrected chi connectivity index (χ0v) is 20.4. The first-order valence-electron chi connectivity index (χ1n) is 10.8. The van der Waals surface area contributed by atoms with Crippen molar-refractivity contribution in [2.24, 2.45) is 7.05 Å². The van der Waals surface area contributed by atoms with E-state index in [0.717, 1.165) is 32.9 Å². The average molecular weight is 465 g/mol. The van der Waals surface area contributed by atoms with Crippen LogP contribution in [0.25, 0.3) is 11.0 Å². The van der Waals surface area contributed by atoms with Crippen molar-refractivity contribution >= 4 is 28.3 Å². The van der Waals surface area contributed by atoms with E-state index in [1.807, 2.05) is 74.5 Å². The van der Waals surface area contributed by atoms with Crippen LogP contribution in [-0.4, -0.2) is 39.2 Å². The highest BCUT2D eigenvalue weighted by atomic mass is 32.1. The molecule has 0 radical (unpaired) electrons. The fraction of sp³-hybridized carbons (Fsp3) is 0.320. The highest BCUT2D eigenvalue weighted by Gasteiger charge is 2.22. The van der Waals surface area contributed by atoms with Crippen LogP contribution in [-0.2, 0) is 20.2 Å². The molecule has 0 saturated heterocycles. The van der Waals surface area contributed by atoms with Gasteiger partial charge in [0, 0.05) is 30.7 Å². The van der Waals surface area contributed by atoms with Gasteiger partial charge in [0.2, 0.25) is 0 Å². The van der Waals surface area contributed by atoms with E-state index < -0.39 is 0 Å². The van der Waals surface area contributed by atoms with Crippen LogP contribution in [0.4, 0.5) is 0 Å². The number of methoxy groups -OCH3 is 1. The summed E-state index contributed by atoms with van der Waals surface area (Å²) in [5, 5.41) is 7.30. The number of aromatic nitrogens is 3. The molecule has 0 bridgehead atoms. The van der Waals surface area contributed by atoms with Crippen molar-refractivity contribution in [3.05, 3.63) is 69.2 Å². The summed E-state index contributed by atoms with van der Waals surface area (Å²) in [7, 11) is 3.48. The van der Waals surface area contributed by atoms with E-state index in [1.54, 1.807) is 23.1 Å². The number of ether oxygens (including phenoxy) is 2. The molecular weight excluding hydrogens is 436 g/mol. The molecule has 0 atom stereocenters. The lowest BCUT2D eigenvalue weighted by atomic mass is 10.1. The van der Waals surface area contributed by atoms with Crippen LogP contribution in [0.3, 0.4) is 0 Å². The number of thiophene rings is 1. The van der Waals surface area contributed by atoms with E-state index in [2.05, 4.69) is 10.1 Å². The van der Waals surface area contributed by atoms with Gasteiger partial charge in [-0.2, -0.15) is 5.10 Å². The maximum absolute atomic E-state index is 13.6. The molecule has 0 saturated carbocycles. The summed E-state index contributed by atoms with van der Waals surface area (Å²) >= 11 is 1.66. The Kier molecular flexibility index (Phi) is 6.65. The summed E-state index contributed by atoms with van der Waals surface area (Å²) in [6.07, 6.45) is 0. The van der Waals surface area contributed by atoms with Crippen LogP contribution in [0.1, 0.15) is 39.1 Å². The smallest absolute Gasteiger partial charge is 0.255 e. The number of pyridine rings is 1. The highest BCUT2D eigenvalue weighted by molar-refractivity contribution is 7.09. The van der Waals surface area contributed by atoms with Crippen LogP contribution in [0.15, 0.2) is 41.8 Å². The summed E-state index contributed by atoms with van der Waals surface area (Å²) in [6.45, 7) is 7.31. The lowest BCUT2D eigenvalue weighted by molar-refractivity contribution is 0.0754. The zero-order chi connectivity index (χ0) is 23.5. The molecule has 0 N–H and O–H groups in total. The van der Waals surface area contributed by atoms with Crippen molar-refractivity contribution in [3.63, 3.8) is 0 Å². The first-order chi connectivity index (χ1) is 15.9. The minimum atomic E-state index is -0.0407. The van der Waals surface area contributed by atoms with Crippen molar-refractivity contribution in [1.29, 1.82) is 0 Å². The van der Waals surface area contributed by atoms with Gasteiger partial charge in [0.1, 0.15) is 6.61 Å². The van der Waals surface area contributed by atoms with E-state index in [4.69, 9.17) is 9.47 Å². The third-order valence-corrected chi connectivity index (χ3v) is 6.40. The van der Waals surface area contributed by atoms with Crippen LogP contribution in [0.5, 0.6) is 11.5 Å². The molecule has 8 heteroatoms. The fourth-order valence-corrected chi connectivity index (χ4v) is 4.55. The van der Waals surface area contributed by atoms with E-state index in [9.17, 15) is 4.79 Å². The van der Waals surface area contributed by atoms with Gasteiger partial charge in [-0.3, -0.25) is 9.48 Å². The predicted octanol–water partition coefficient (Wildman–Crippen LogP) is 4.90. The number of benzene rings is 1. The topological polar surface area (TPSA) is 69.5 Å². The second-order valence-electron chi connectivity index (χ2n) is 7.89. The van der Waals surface area contributed by atoms with Gasteiger partial charge in [-0.25, -0.2) is 4.98 Å². The summed E-state index contributed by atoms with van der Waals surface area (Å²) in [4.78, 5) is 21.1. The molecule has 1 amide bonds. The normalized spacial score (nSPS) is 11.1. The SMILES string of the molecule is CCN(Cc1ccc(OCc2cccs2)c(OC)c1)C(=O)c1cc(C)nc2c1c(C)nn2C. The number of carbonyl (C=O) groups excluding carboxylic acids is 1. The highest BCUT2D eigenvalue weighted by Crippen LogP contribution is 2.30. The average Bonchev–Trinajstić information content (AvgIpc) is 3.43. The van der Waals surface area contributed by atoms with Crippen molar-refractivity contribution in [3.8, 4) is 11.5 Å². The molecule has 3 heterocycles. The van der Waals surface area contributed by atoms with Gasteiger partial charge in [0.25, 0.3) is 5.91 Å². The largest absolute Gasteiger partial charge is 0.493 e. The molecular formula is C25H28N4O3S. The number of hydrogen-bond donors (Lipinski definition) is 0. The Balaban J connectivity index is 1.58. The van der Waals surface area contributed by atoms with E-state index in [1.165, 1.54) is 0 Å². The van der Waals surface area contributed by atoms with Crippen LogP contribution < -0.4 is 9.47 Å². The monoisotopic (exact) mass is 464 g/mol. The Morgan fingerprint density at radius 2 is 2.00 bits per heavy atom. The molecule has 7 nitrogen and oxygen atoms in total. The van der Waals surface area contributed by atoms with E-state index in [0.29, 0.717) is 36.8 Å². The number of carbonyl (C=O) groups is 1. The third kappa shape index (κ3) is 4.71. The predicted molar refractivity (Wildman–Crippen MR) is 130 cm³/mol. The first-order valence-corrected chi connectivity index (χ1v) is 11.7. The Bertz CT molecular complexity index is 1280. The summed E-state index contributed by atoms with van der Waals surface area (Å²) in [5.41, 5.74) is 3.91. The molecule has 0 aliphatic heterocycles. The number of nitrogens with zero attached hydrogens (tertiary/aromatic N) is 4. The van der Waals surface area contributed by atoms with Gasteiger partial charge in [0.05, 0.1) is 23.8 Å². The van der Waals surface area contributed by atoms with Gasteiger partial charge in [0.15, 0.2) is 17.1 Å². The molecule has 33 heavy (non-hydrogen) atoms. The summed E-state index contributed by atoms with van der Waals surface area (Å²) in [5.74, 6) is 1.29. The number of hydrogen-bond acceptors (Lipinski definition) is 6. The quantitative estimate of drug-likeness (QED) is 0.371. The second-order valence-corrected chi connectivity index (χ2v) is 8.92. The Labute approximate surface area is 197 Å². The maximum atomic E-state index is 13.6. The number of amides is 1. The molecule has 0 aliphatic rings. The first kappa shape index (κ1) is 22.8. The number of rotatable bonds is 8. The Hall–Kier alpha value is -3.39. The standard InChI is InChI=1S/C25H28N4O3S/c1-6-29(25(30)20-12-16(2)26-24-23(20)17(3)27-28(24)4)14-18-9-10-21(22(13-18)31-5)32-15-19-8-7-11-33-19/h7-13H,6,14-15H2,1-5H3. The van der Waals surface area contributed by atoms with Gasteiger partial charge < -0.3 is 14.4 Å². The molecule has 4 rings (SSSR count). The second kappa shape index (κ2) is 9.62. The molecule has 0 fully saturated rings. The minimum Gasteiger partial charge on any atom is -0.493 e. The lowest BCUT2D eigenvalue weighted by Gasteiger charge is -2.22. The molecule has 4 aromatic rings. The van der Waals surface area contributed by atoms with Gasteiger partial charge in [-0.1, -0.05) is 12.1 Å².